The number of benzene rings is 2. The first kappa shape index (κ1) is 16.1. The van der Waals surface area contributed by atoms with Gasteiger partial charge in [-0.2, -0.15) is 0 Å². The minimum absolute atomic E-state index is 0.164. The van der Waals surface area contributed by atoms with Crippen molar-refractivity contribution in [2.24, 2.45) is 0 Å². The summed E-state index contributed by atoms with van der Waals surface area (Å²) in [5, 5.41) is 0.594. The average molecular weight is 419 g/mol. The van der Waals surface area contributed by atoms with E-state index in [4.69, 9.17) is 23.2 Å². The van der Waals surface area contributed by atoms with Crippen molar-refractivity contribution in [1.82, 2.24) is 0 Å². The Labute approximate surface area is 144 Å². The molecule has 0 amide bonds. The van der Waals surface area contributed by atoms with Crippen LogP contribution in [0.4, 0.5) is 0 Å². The van der Waals surface area contributed by atoms with Crippen molar-refractivity contribution in [3.8, 4) is 0 Å². The molecule has 0 saturated carbocycles. The van der Waals surface area contributed by atoms with Crippen molar-refractivity contribution in [3.05, 3.63) is 66.2 Å². The van der Waals surface area contributed by atoms with Gasteiger partial charge in [-0.05, 0) is 95.8 Å². The molecular weight excluding hydrogens is 402 g/mol. The maximum absolute atomic E-state index is 6.75. The molecule has 0 radical (unpaired) electrons. The van der Waals surface area contributed by atoms with Crippen LogP contribution in [0.5, 0.6) is 0 Å². The van der Waals surface area contributed by atoms with Crippen molar-refractivity contribution in [3.63, 3.8) is 0 Å². The Kier molecular flexibility index (Phi) is 5.04. The molecule has 0 heterocycles. The third-order valence-electron chi connectivity index (χ3n) is 3.91. The first-order valence-electron chi connectivity index (χ1n) is 6.49. The first-order chi connectivity index (χ1) is 9.32. The highest BCUT2D eigenvalue weighted by Gasteiger charge is 2.19. The summed E-state index contributed by atoms with van der Waals surface area (Å²) < 4.78 is 1.05. The van der Waals surface area contributed by atoms with E-state index < -0.39 is 0 Å². The number of rotatable bonds is 2. The summed E-state index contributed by atoms with van der Waals surface area (Å²) in [5.74, 6) is 0. The zero-order valence-electron chi connectivity index (χ0n) is 12.0. The van der Waals surface area contributed by atoms with E-state index in [1.807, 2.05) is 12.1 Å². The van der Waals surface area contributed by atoms with Crippen LogP contribution in [0.2, 0.25) is 5.02 Å². The highest BCUT2D eigenvalue weighted by atomic mass is 127. The van der Waals surface area contributed by atoms with E-state index >= 15 is 0 Å². The van der Waals surface area contributed by atoms with Crippen molar-refractivity contribution < 1.29 is 0 Å². The van der Waals surface area contributed by atoms with E-state index in [1.165, 1.54) is 27.8 Å². The highest BCUT2D eigenvalue weighted by Crippen LogP contribution is 2.37. The molecule has 1 atom stereocenters. The molecule has 3 heteroatoms. The maximum Gasteiger partial charge on any atom is 0.0841 e. The Bertz CT molecular complexity index is 636. The summed E-state index contributed by atoms with van der Waals surface area (Å²) in [7, 11) is 0. The fourth-order valence-electron chi connectivity index (χ4n) is 2.46. The van der Waals surface area contributed by atoms with Crippen LogP contribution in [-0.4, -0.2) is 0 Å². The average Bonchev–Trinajstić information content (AvgIpc) is 2.40. The summed E-state index contributed by atoms with van der Waals surface area (Å²) in [6.07, 6.45) is 0. The maximum atomic E-state index is 6.75. The van der Waals surface area contributed by atoms with Gasteiger partial charge in [-0.15, -0.1) is 11.6 Å². The van der Waals surface area contributed by atoms with Gasteiger partial charge in [0, 0.05) is 3.57 Å². The molecule has 0 fully saturated rings. The normalized spacial score (nSPS) is 12.6. The molecule has 0 spiro atoms. The van der Waals surface area contributed by atoms with Gasteiger partial charge < -0.3 is 0 Å². The Morgan fingerprint density at radius 2 is 1.50 bits per heavy atom. The Morgan fingerprint density at radius 1 is 0.950 bits per heavy atom. The largest absolute Gasteiger partial charge is 0.113 e. The lowest BCUT2D eigenvalue weighted by Crippen LogP contribution is -2.03. The van der Waals surface area contributed by atoms with Crippen molar-refractivity contribution in [1.29, 1.82) is 0 Å². The predicted molar refractivity (Wildman–Crippen MR) is 97.3 cm³/mol. The van der Waals surface area contributed by atoms with Crippen molar-refractivity contribution in [2.75, 3.05) is 0 Å². The second kappa shape index (κ2) is 6.25. The summed E-state index contributed by atoms with van der Waals surface area (Å²) >= 11 is 15.2. The second-order valence-corrected chi connectivity index (χ2v) is 7.22. The van der Waals surface area contributed by atoms with E-state index in [0.717, 1.165) is 14.2 Å². The molecule has 0 aliphatic rings. The Balaban J connectivity index is 2.58. The Morgan fingerprint density at radius 3 is 2.00 bits per heavy atom. The quantitative estimate of drug-likeness (QED) is 0.385. The summed E-state index contributed by atoms with van der Waals surface area (Å²) in [6, 6.07) is 8.26. The van der Waals surface area contributed by atoms with E-state index in [9.17, 15) is 0 Å². The van der Waals surface area contributed by atoms with Gasteiger partial charge in [0.2, 0.25) is 0 Å². The second-order valence-electron chi connectivity index (χ2n) is 5.21. The molecular formula is C17H17Cl2I. The molecule has 2 aromatic rings. The van der Waals surface area contributed by atoms with Crippen LogP contribution < -0.4 is 0 Å². The zero-order valence-corrected chi connectivity index (χ0v) is 15.7. The minimum atomic E-state index is -0.164. The van der Waals surface area contributed by atoms with Crippen molar-refractivity contribution in [2.45, 2.75) is 33.1 Å². The van der Waals surface area contributed by atoms with Crippen LogP contribution in [0, 0.1) is 31.3 Å². The van der Waals surface area contributed by atoms with Crippen LogP contribution in [0.15, 0.2) is 24.3 Å². The highest BCUT2D eigenvalue weighted by molar-refractivity contribution is 14.1. The van der Waals surface area contributed by atoms with Crippen LogP contribution in [0.1, 0.15) is 38.8 Å². The summed E-state index contributed by atoms with van der Waals surface area (Å²) in [6.45, 7) is 8.55. The van der Waals surface area contributed by atoms with Crippen LogP contribution in [0.3, 0.4) is 0 Å². The number of halogens is 3. The number of aryl methyl sites for hydroxylation is 2. The van der Waals surface area contributed by atoms with Gasteiger partial charge in [0.15, 0.2) is 0 Å². The van der Waals surface area contributed by atoms with Gasteiger partial charge in [0.1, 0.15) is 0 Å². The lowest BCUT2D eigenvalue weighted by molar-refractivity contribution is 1.05. The van der Waals surface area contributed by atoms with Gasteiger partial charge in [-0.1, -0.05) is 23.7 Å². The molecule has 0 aliphatic carbocycles. The lowest BCUT2D eigenvalue weighted by Gasteiger charge is -2.20. The van der Waals surface area contributed by atoms with E-state index in [0.29, 0.717) is 0 Å². The lowest BCUT2D eigenvalue weighted by atomic mass is 9.90. The number of hydrogen-bond donors (Lipinski definition) is 0. The fourth-order valence-corrected chi connectivity index (χ4v) is 3.45. The molecule has 0 saturated heterocycles. The zero-order chi connectivity index (χ0) is 15.0. The van der Waals surface area contributed by atoms with Crippen LogP contribution >= 0.6 is 45.8 Å². The summed E-state index contributed by atoms with van der Waals surface area (Å²) in [4.78, 5) is 0. The van der Waals surface area contributed by atoms with Gasteiger partial charge >= 0.3 is 0 Å². The molecule has 0 nitrogen and oxygen atoms in total. The fraction of sp³-hybridized carbons (Fsp3) is 0.294. The monoisotopic (exact) mass is 418 g/mol. The standard InChI is InChI=1S/C17H17Cl2I/c1-9-7-10(2)12(4)16(11(9)3)17(19)13-5-6-15(20)14(18)8-13/h5-8,17H,1-4H3. The van der Waals surface area contributed by atoms with E-state index in [-0.39, 0.29) is 5.38 Å². The molecule has 2 aromatic carbocycles. The third-order valence-corrected chi connectivity index (χ3v) is 5.96. The topological polar surface area (TPSA) is 0 Å². The molecule has 0 aliphatic heterocycles. The van der Waals surface area contributed by atoms with Gasteiger partial charge in [-0.25, -0.2) is 0 Å². The molecule has 0 aromatic heterocycles. The summed E-state index contributed by atoms with van der Waals surface area (Å²) in [5.41, 5.74) is 7.36. The van der Waals surface area contributed by atoms with E-state index in [2.05, 4.69) is 62.4 Å². The molecule has 0 bridgehead atoms. The van der Waals surface area contributed by atoms with Crippen LogP contribution in [0.25, 0.3) is 0 Å². The molecule has 20 heavy (non-hydrogen) atoms. The Hall–Kier alpha value is -0.250. The van der Waals surface area contributed by atoms with Gasteiger partial charge in [-0.3, -0.25) is 0 Å². The molecule has 1 unspecified atom stereocenters. The third kappa shape index (κ3) is 3.00. The minimum Gasteiger partial charge on any atom is -0.113 e. The smallest absolute Gasteiger partial charge is 0.0841 e. The van der Waals surface area contributed by atoms with Crippen LogP contribution in [-0.2, 0) is 0 Å². The molecule has 2 rings (SSSR count). The molecule has 106 valence electrons. The first-order valence-corrected chi connectivity index (χ1v) is 8.38. The predicted octanol–water partition coefficient (Wildman–Crippen LogP) is 6.51. The van der Waals surface area contributed by atoms with Gasteiger partial charge in [0.25, 0.3) is 0 Å². The van der Waals surface area contributed by atoms with E-state index in [1.54, 1.807) is 0 Å². The number of alkyl halides is 1. The number of hydrogen-bond acceptors (Lipinski definition) is 0. The molecule has 0 N–H and O–H groups in total. The van der Waals surface area contributed by atoms with Crippen molar-refractivity contribution >= 4 is 45.8 Å². The SMILES string of the molecule is Cc1cc(C)c(C)c(C(Cl)c2ccc(I)c(Cl)c2)c1C. The van der Waals surface area contributed by atoms with Gasteiger partial charge in [0.05, 0.1) is 10.4 Å².